The smallest absolute Gasteiger partial charge is 0.0620 e. The SMILES string of the molecule is c1ccc(-c2ccc(-n3c4ccccc4c4ccc5cc6c7ccccc7n(-c7ccccc7)c6cc5c43)cc2)cc1. The van der Waals surface area contributed by atoms with E-state index in [-0.39, 0.29) is 0 Å². The highest BCUT2D eigenvalue weighted by atomic mass is 15.0. The van der Waals surface area contributed by atoms with E-state index in [2.05, 4.69) is 167 Å². The van der Waals surface area contributed by atoms with E-state index < -0.39 is 0 Å². The molecule has 196 valence electrons. The van der Waals surface area contributed by atoms with Gasteiger partial charge in [-0.25, -0.2) is 0 Å². The fraction of sp³-hybridized carbons (Fsp3) is 0. The van der Waals surface area contributed by atoms with Crippen LogP contribution in [0.1, 0.15) is 0 Å². The zero-order valence-corrected chi connectivity index (χ0v) is 22.9. The molecular formula is C40H26N2. The van der Waals surface area contributed by atoms with Gasteiger partial charge in [-0.1, -0.05) is 109 Å². The number of hydrogen-bond acceptors (Lipinski definition) is 0. The number of rotatable bonds is 3. The summed E-state index contributed by atoms with van der Waals surface area (Å²) in [5.74, 6) is 0. The standard InChI is InChI=1S/C40H26N2/c1-3-11-27(12-4-1)28-19-22-31(23-20-28)42-38-18-10-7-15-32(38)34-24-21-29-25-36-33-16-8-9-17-37(33)41(30-13-5-2-6-14-30)39(36)26-35(29)40(34)42/h1-26H. The Bertz CT molecular complexity index is 2430. The van der Waals surface area contributed by atoms with Crippen molar-refractivity contribution in [3.8, 4) is 22.5 Å². The molecule has 0 spiro atoms. The minimum atomic E-state index is 1.16. The summed E-state index contributed by atoms with van der Waals surface area (Å²) in [7, 11) is 0. The van der Waals surface area contributed by atoms with E-state index in [1.54, 1.807) is 0 Å². The molecule has 7 aromatic carbocycles. The lowest BCUT2D eigenvalue weighted by molar-refractivity contribution is 1.18. The Balaban J connectivity index is 1.39. The summed E-state index contributed by atoms with van der Waals surface area (Å²) in [5, 5.41) is 7.59. The van der Waals surface area contributed by atoms with Gasteiger partial charge in [0.2, 0.25) is 0 Å². The van der Waals surface area contributed by atoms with Gasteiger partial charge in [0.25, 0.3) is 0 Å². The predicted octanol–water partition coefficient (Wildman–Crippen LogP) is 10.7. The first kappa shape index (κ1) is 23.1. The maximum absolute atomic E-state index is 2.45. The van der Waals surface area contributed by atoms with Crippen LogP contribution in [0.4, 0.5) is 0 Å². The minimum Gasteiger partial charge on any atom is -0.309 e. The first-order valence-electron chi connectivity index (χ1n) is 14.5. The van der Waals surface area contributed by atoms with Crippen LogP contribution in [0, 0.1) is 0 Å². The van der Waals surface area contributed by atoms with E-state index in [1.807, 2.05) is 0 Å². The molecule has 0 aliphatic heterocycles. The Morgan fingerprint density at radius 3 is 1.62 bits per heavy atom. The summed E-state index contributed by atoms with van der Waals surface area (Å²) in [6.07, 6.45) is 0. The molecule has 0 aliphatic carbocycles. The van der Waals surface area contributed by atoms with Gasteiger partial charge >= 0.3 is 0 Å². The number of benzene rings is 7. The fourth-order valence-corrected chi connectivity index (χ4v) is 6.80. The Labute approximate surface area is 243 Å². The molecule has 0 unspecified atom stereocenters. The van der Waals surface area contributed by atoms with Crippen LogP contribution >= 0.6 is 0 Å². The van der Waals surface area contributed by atoms with E-state index in [0.717, 1.165) is 5.69 Å². The van der Waals surface area contributed by atoms with Crippen molar-refractivity contribution in [1.82, 2.24) is 9.13 Å². The highest BCUT2D eigenvalue weighted by Crippen LogP contribution is 2.40. The second-order valence-corrected chi connectivity index (χ2v) is 11.0. The number of hydrogen-bond donors (Lipinski definition) is 0. The molecule has 0 aliphatic rings. The molecule has 0 amide bonds. The molecule has 42 heavy (non-hydrogen) atoms. The van der Waals surface area contributed by atoms with Crippen molar-refractivity contribution < 1.29 is 0 Å². The predicted molar refractivity (Wildman–Crippen MR) is 178 cm³/mol. The Kier molecular flexibility index (Phi) is 4.93. The van der Waals surface area contributed by atoms with E-state index in [9.17, 15) is 0 Å². The zero-order chi connectivity index (χ0) is 27.6. The molecular weight excluding hydrogens is 508 g/mol. The molecule has 0 fully saturated rings. The summed E-state index contributed by atoms with van der Waals surface area (Å²) in [6, 6.07) is 57.2. The maximum atomic E-state index is 2.45. The van der Waals surface area contributed by atoms with Crippen molar-refractivity contribution >= 4 is 54.4 Å². The largest absolute Gasteiger partial charge is 0.309 e. The third-order valence-electron chi connectivity index (χ3n) is 8.69. The summed E-state index contributed by atoms with van der Waals surface area (Å²) in [4.78, 5) is 0. The lowest BCUT2D eigenvalue weighted by Gasteiger charge is -2.12. The molecule has 0 radical (unpaired) electrons. The average Bonchev–Trinajstić information content (AvgIpc) is 3.57. The number of fused-ring (bicyclic) bond motifs is 8. The molecule has 2 aromatic heterocycles. The normalized spacial score (nSPS) is 11.8. The van der Waals surface area contributed by atoms with Gasteiger partial charge in [-0.2, -0.15) is 0 Å². The summed E-state index contributed by atoms with van der Waals surface area (Å²) >= 11 is 0. The van der Waals surface area contributed by atoms with Crippen LogP contribution in [-0.4, -0.2) is 9.13 Å². The van der Waals surface area contributed by atoms with Crippen LogP contribution in [0.25, 0.3) is 76.9 Å². The summed E-state index contributed by atoms with van der Waals surface area (Å²) in [6.45, 7) is 0. The third-order valence-corrected chi connectivity index (χ3v) is 8.69. The van der Waals surface area contributed by atoms with E-state index >= 15 is 0 Å². The molecule has 0 atom stereocenters. The zero-order valence-electron chi connectivity index (χ0n) is 22.9. The number of aromatic nitrogens is 2. The Morgan fingerprint density at radius 2 is 0.881 bits per heavy atom. The van der Waals surface area contributed by atoms with Gasteiger partial charge in [0.15, 0.2) is 0 Å². The van der Waals surface area contributed by atoms with Gasteiger partial charge < -0.3 is 9.13 Å². The lowest BCUT2D eigenvalue weighted by Crippen LogP contribution is -1.95. The van der Waals surface area contributed by atoms with Gasteiger partial charge in [-0.05, 0) is 65.0 Å². The second kappa shape index (κ2) is 8.95. The first-order chi connectivity index (χ1) is 20.8. The molecule has 0 N–H and O–H groups in total. The highest BCUT2D eigenvalue weighted by molar-refractivity contribution is 6.22. The van der Waals surface area contributed by atoms with Gasteiger partial charge in [0, 0.05) is 38.3 Å². The van der Waals surface area contributed by atoms with Crippen LogP contribution in [0.3, 0.4) is 0 Å². The van der Waals surface area contributed by atoms with Crippen LogP contribution in [-0.2, 0) is 0 Å². The molecule has 0 saturated heterocycles. The second-order valence-electron chi connectivity index (χ2n) is 11.0. The molecule has 0 bridgehead atoms. The molecule has 0 saturated carbocycles. The van der Waals surface area contributed by atoms with Crippen molar-refractivity contribution in [2.24, 2.45) is 0 Å². The van der Waals surface area contributed by atoms with Gasteiger partial charge in [-0.3, -0.25) is 0 Å². The maximum Gasteiger partial charge on any atom is 0.0620 e. The van der Waals surface area contributed by atoms with Crippen LogP contribution in [0.2, 0.25) is 0 Å². The van der Waals surface area contributed by atoms with E-state index in [0.29, 0.717) is 0 Å². The van der Waals surface area contributed by atoms with Crippen molar-refractivity contribution in [3.63, 3.8) is 0 Å². The van der Waals surface area contributed by atoms with Crippen molar-refractivity contribution in [2.75, 3.05) is 0 Å². The molecule has 2 heterocycles. The molecule has 9 aromatic rings. The van der Waals surface area contributed by atoms with Crippen LogP contribution in [0.15, 0.2) is 158 Å². The Morgan fingerprint density at radius 1 is 0.310 bits per heavy atom. The average molecular weight is 535 g/mol. The topological polar surface area (TPSA) is 9.86 Å². The van der Waals surface area contributed by atoms with Gasteiger partial charge in [0.05, 0.1) is 22.1 Å². The van der Waals surface area contributed by atoms with Crippen molar-refractivity contribution in [3.05, 3.63) is 158 Å². The molecule has 9 rings (SSSR count). The fourth-order valence-electron chi connectivity index (χ4n) is 6.80. The molecule has 2 nitrogen and oxygen atoms in total. The number of nitrogens with zero attached hydrogens (tertiary/aromatic N) is 2. The van der Waals surface area contributed by atoms with Crippen LogP contribution in [0.5, 0.6) is 0 Å². The van der Waals surface area contributed by atoms with Crippen molar-refractivity contribution in [2.45, 2.75) is 0 Å². The van der Waals surface area contributed by atoms with Gasteiger partial charge in [0.1, 0.15) is 0 Å². The van der Waals surface area contributed by atoms with Crippen LogP contribution < -0.4 is 0 Å². The Hall–Kier alpha value is -5.60. The monoisotopic (exact) mass is 534 g/mol. The number of para-hydroxylation sites is 3. The summed E-state index contributed by atoms with van der Waals surface area (Å²) in [5.41, 5.74) is 9.70. The molecule has 2 heteroatoms. The van der Waals surface area contributed by atoms with E-state index in [4.69, 9.17) is 0 Å². The lowest BCUT2D eigenvalue weighted by atomic mass is 10.0. The first-order valence-corrected chi connectivity index (χ1v) is 14.5. The van der Waals surface area contributed by atoms with Gasteiger partial charge in [-0.15, -0.1) is 0 Å². The summed E-state index contributed by atoms with van der Waals surface area (Å²) < 4.78 is 4.85. The minimum absolute atomic E-state index is 1.16. The van der Waals surface area contributed by atoms with Crippen molar-refractivity contribution in [1.29, 1.82) is 0 Å². The highest BCUT2D eigenvalue weighted by Gasteiger charge is 2.18. The third kappa shape index (κ3) is 3.33. The van der Waals surface area contributed by atoms with E-state index in [1.165, 1.54) is 71.2 Å². The quantitative estimate of drug-likeness (QED) is 0.213.